The van der Waals surface area contributed by atoms with Gasteiger partial charge >= 0.3 is 0 Å². The van der Waals surface area contributed by atoms with Gasteiger partial charge in [-0.15, -0.1) is 0 Å². The van der Waals surface area contributed by atoms with Gasteiger partial charge in [0.05, 0.1) is 45.3 Å². The molecule has 11 rings (SSSR count). The number of benzene rings is 9. The summed E-state index contributed by atoms with van der Waals surface area (Å²) in [6.07, 6.45) is 8.53. The van der Waals surface area contributed by atoms with Crippen LogP contribution in [0, 0.1) is 36.5 Å². The Kier molecular flexibility index (Phi) is 10.7. The lowest BCUT2D eigenvalue weighted by Crippen LogP contribution is -2.08. The number of nitriles is 2. The van der Waals surface area contributed by atoms with Crippen LogP contribution in [-0.2, 0) is 0 Å². The first-order valence-corrected chi connectivity index (χ1v) is 22.7. The minimum atomic E-state index is 0.631. The number of hydrogen-bond donors (Lipinski definition) is 0. The number of fused-ring (bicyclic) bond motifs is 6. The molecule has 0 amide bonds. The molecule has 6 heteroatoms. The predicted molar refractivity (Wildman–Crippen MR) is 282 cm³/mol. The van der Waals surface area contributed by atoms with E-state index in [1.807, 2.05) is 48.5 Å². The van der Waals surface area contributed by atoms with Gasteiger partial charge in [-0.3, -0.25) is 0 Å². The monoisotopic (exact) mass is 872 g/mol. The highest BCUT2D eigenvalue weighted by molar-refractivity contribution is 6.11. The van der Waals surface area contributed by atoms with Gasteiger partial charge < -0.3 is 18.9 Å². The van der Waals surface area contributed by atoms with E-state index in [0.29, 0.717) is 11.1 Å². The fourth-order valence-electron chi connectivity index (χ4n) is 9.28. The third-order valence-corrected chi connectivity index (χ3v) is 12.7. The fraction of sp³-hybridized carbons (Fsp3) is 0.0323. The van der Waals surface area contributed by atoms with Crippen LogP contribution in [0.5, 0.6) is 0 Å². The molecule has 6 nitrogen and oxygen atoms in total. The zero-order valence-electron chi connectivity index (χ0n) is 37.6. The molecule has 9 aromatic carbocycles. The van der Waals surface area contributed by atoms with Gasteiger partial charge in [0.25, 0.3) is 0 Å². The van der Waals surface area contributed by atoms with Crippen LogP contribution >= 0.6 is 0 Å². The summed E-state index contributed by atoms with van der Waals surface area (Å²) < 4.78 is 4.75. The molecule has 0 radical (unpaired) electrons. The quantitative estimate of drug-likeness (QED) is 0.137. The predicted octanol–water partition coefficient (Wildman–Crippen LogP) is 15.9. The maximum Gasteiger partial charge on any atom is 0.0991 e. The minimum absolute atomic E-state index is 0.631. The maximum atomic E-state index is 9.45. The summed E-state index contributed by atoms with van der Waals surface area (Å²) in [6, 6.07) is 76.4. The lowest BCUT2D eigenvalue weighted by molar-refractivity contribution is 1.13. The van der Waals surface area contributed by atoms with E-state index in [1.54, 1.807) is 0 Å². The molecule has 0 aliphatic rings. The molecule has 0 unspecified atom stereocenters. The molecule has 0 aliphatic heterocycles. The second kappa shape index (κ2) is 17.6. The van der Waals surface area contributed by atoms with Crippen molar-refractivity contribution in [2.45, 2.75) is 13.8 Å². The second-order valence-corrected chi connectivity index (χ2v) is 17.1. The lowest BCUT2D eigenvalue weighted by atomic mass is 10.1. The molecule has 0 N–H and O–H groups in total. The summed E-state index contributed by atoms with van der Waals surface area (Å²) in [7, 11) is 0. The fourth-order valence-corrected chi connectivity index (χ4v) is 9.28. The van der Waals surface area contributed by atoms with Crippen LogP contribution in [0.25, 0.3) is 67.1 Å². The molecular weight excluding hydrogens is 829 g/mol. The third-order valence-electron chi connectivity index (χ3n) is 12.7. The highest BCUT2D eigenvalue weighted by atomic mass is 15.1. The summed E-state index contributed by atoms with van der Waals surface area (Å²) in [5.41, 5.74) is 16.5. The van der Waals surface area contributed by atoms with E-state index in [2.05, 4.69) is 227 Å². The smallest absolute Gasteiger partial charge is 0.0991 e. The van der Waals surface area contributed by atoms with Crippen molar-refractivity contribution < 1.29 is 0 Å². The number of rotatable bonds is 10. The molecule has 2 aromatic heterocycles. The van der Waals surface area contributed by atoms with E-state index in [9.17, 15) is 10.5 Å². The van der Waals surface area contributed by atoms with Crippen LogP contribution < -0.4 is 9.80 Å². The molecule has 11 aromatic rings. The first-order valence-electron chi connectivity index (χ1n) is 22.7. The highest BCUT2D eigenvalue weighted by Gasteiger charge is 2.17. The van der Waals surface area contributed by atoms with Crippen molar-refractivity contribution in [1.82, 2.24) is 9.13 Å². The average Bonchev–Trinajstić information content (AvgIpc) is 3.90. The van der Waals surface area contributed by atoms with Gasteiger partial charge in [-0.25, -0.2) is 0 Å². The molecule has 0 saturated heterocycles. The molecule has 0 fully saturated rings. The average molecular weight is 873 g/mol. The van der Waals surface area contributed by atoms with E-state index in [0.717, 1.165) is 67.3 Å². The Hall–Kier alpha value is -9.36. The van der Waals surface area contributed by atoms with Gasteiger partial charge in [0.15, 0.2) is 0 Å². The summed E-state index contributed by atoms with van der Waals surface area (Å²) in [6.45, 7) is 4.19. The molecular formula is C62H44N6. The number of hydrogen-bond acceptors (Lipinski definition) is 4. The van der Waals surface area contributed by atoms with Crippen molar-refractivity contribution in [2.24, 2.45) is 0 Å². The standard InChI is InChI=1S/C62H44N6/c1-43-14-24-49(25-15-43)65(51-28-18-47(41-63)19-29-51)36-34-45-22-32-61-57(38-45)55-10-3-5-12-59(55)67(61)53-8-7-9-54(40-53)68-60-13-6-4-11-56(60)58-39-46(23-33-62(58)68)35-37-66(50-26-16-44(2)17-27-50)52-30-20-48(42-64)21-31-52/h3-40H,1-2H3/b36-34+,37-35+. The molecule has 0 saturated carbocycles. The van der Waals surface area contributed by atoms with Gasteiger partial charge in [0.2, 0.25) is 0 Å². The van der Waals surface area contributed by atoms with Crippen molar-refractivity contribution in [1.29, 1.82) is 10.5 Å². The summed E-state index contributed by atoms with van der Waals surface area (Å²) >= 11 is 0. The molecule has 322 valence electrons. The molecule has 0 spiro atoms. The van der Waals surface area contributed by atoms with Gasteiger partial charge in [-0.05, 0) is 165 Å². The van der Waals surface area contributed by atoms with Crippen LogP contribution in [0.2, 0.25) is 0 Å². The van der Waals surface area contributed by atoms with E-state index in [4.69, 9.17) is 0 Å². The molecule has 0 bridgehead atoms. The SMILES string of the molecule is Cc1ccc(N(/C=C/c2ccc3c(c2)c2ccccc2n3-c2cccc(-n3c4ccccc4c4cc(/C=C/N(c5ccc(C)cc5)c5ccc(C#N)cc5)ccc43)c2)c2ccc(C#N)cc2)cc1. The van der Waals surface area contributed by atoms with Crippen LogP contribution in [0.4, 0.5) is 22.7 Å². The van der Waals surface area contributed by atoms with E-state index < -0.39 is 0 Å². The Morgan fingerprint density at radius 1 is 0.368 bits per heavy atom. The number of para-hydroxylation sites is 2. The van der Waals surface area contributed by atoms with Crippen LogP contribution in [0.3, 0.4) is 0 Å². The van der Waals surface area contributed by atoms with Crippen molar-refractivity contribution in [3.63, 3.8) is 0 Å². The summed E-state index contributed by atoms with van der Waals surface area (Å²) in [5, 5.41) is 23.6. The largest absolute Gasteiger partial charge is 0.317 e. The van der Waals surface area contributed by atoms with Gasteiger partial charge in [-0.2, -0.15) is 10.5 Å². The van der Waals surface area contributed by atoms with Crippen molar-refractivity contribution >= 4 is 78.5 Å². The van der Waals surface area contributed by atoms with Gasteiger partial charge in [-0.1, -0.05) is 90.0 Å². The Balaban J connectivity index is 0.965. The Morgan fingerprint density at radius 2 is 0.735 bits per heavy atom. The van der Waals surface area contributed by atoms with E-state index in [-0.39, 0.29) is 0 Å². The summed E-state index contributed by atoms with van der Waals surface area (Å²) in [5.74, 6) is 0. The first-order chi connectivity index (χ1) is 33.4. The van der Waals surface area contributed by atoms with Crippen molar-refractivity contribution in [2.75, 3.05) is 9.80 Å². The molecule has 0 atom stereocenters. The van der Waals surface area contributed by atoms with Crippen LogP contribution in [0.1, 0.15) is 33.4 Å². The first kappa shape index (κ1) is 41.4. The number of anilines is 4. The van der Waals surface area contributed by atoms with Crippen molar-refractivity contribution in [3.8, 4) is 23.5 Å². The summed E-state index contributed by atoms with van der Waals surface area (Å²) in [4.78, 5) is 4.32. The lowest BCUT2D eigenvalue weighted by Gasteiger charge is -2.21. The maximum absolute atomic E-state index is 9.45. The Labute approximate surface area is 395 Å². The van der Waals surface area contributed by atoms with Crippen LogP contribution in [0.15, 0.2) is 219 Å². The van der Waals surface area contributed by atoms with Crippen LogP contribution in [-0.4, -0.2) is 9.13 Å². The zero-order valence-corrected chi connectivity index (χ0v) is 37.6. The second-order valence-electron chi connectivity index (χ2n) is 17.1. The van der Waals surface area contributed by atoms with Crippen molar-refractivity contribution in [3.05, 3.63) is 252 Å². The van der Waals surface area contributed by atoms with E-state index >= 15 is 0 Å². The highest BCUT2D eigenvalue weighted by Crippen LogP contribution is 2.37. The van der Waals surface area contributed by atoms with E-state index in [1.165, 1.54) is 32.7 Å². The van der Waals surface area contributed by atoms with Gasteiger partial charge in [0, 0.05) is 68.1 Å². The normalized spacial score (nSPS) is 11.5. The molecule has 2 heterocycles. The number of aromatic nitrogens is 2. The number of nitrogens with zero attached hydrogens (tertiary/aromatic N) is 6. The number of aryl methyl sites for hydroxylation is 2. The molecule has 68 heavy (non-hydrogen) atoms. The topological polar surface area (TPSA) is 63.9 Å². The molecule has 0 aliphatic carbocycles. The van der Waals surface area contributed by atoms with Gasteiger partial charge in [0.1, 0.15) is 0 Å². The zero-order chi connectivity index (χ0) is 46.1. The third kappa shape index (κ3) is 7.73. The minimum Gasteiger partial charge on any atom is -0.317 e. The Bertz CT molecular complexity index is 3570. The Morgan fingerprint density at radius 3 is 1.13 bits per heavy atom.